The molecule has 1 aromatic carbocycles. The summed E-state index contributed by atoms with van der Waals surface area (Å²) in [6.07, 6.45) is 4.08. The third kappa shape index (κ3) is 3.76. The number of rotatable bonds is 6. The van der Waals surface area contributed by atoms with E-state index >= 15 is 0 Å². The highest BCUT2D eigenvalue weighted by atomic mass is 16.6. The number of nitro benzene ring substituents is 1. The lowest BCUT2D eigenvalue weighted by Crippen LogP contribution is -2.37. The Balaban J connectivity index is 2.02. The van der Waals surface area contributed by atoms with Gasteiger partial charge in [-0.05, 0) is 43.2 Å². The molecule has 1 aromatic rings. The van der Waals surface area contributed by atoms with E-state index < -0.39 is 0 Å². The summed E-state index contributed by atoms with van der Waals surface area (Å²) in [5.74, 6) is 0.580. The number of carbonyl (C=O) groups excluding carboxylic acids is 1. The second kappa shape index (κ2) is 7.39. The monoisotopic (exact) mass is 347 g/mol. The van der Waals surface area contributed by atoms with E-state index in [1.165, 1.54) is 0 Å². The van der Waals surface area contributed by atoms with Crippen LogP contribution in [-0.2, 0) is 16.0 Å². The molecule has 7 heteroatoms. The van der Waals surface area contributed by atoms with Crippen molar-refractivity contribution in [3.63, 3.8) is 0 Å². The standard InChI is InChI=1S/C18H25N3O4/c1-12-3-5-14(9-12)20(7-8-25-2)16-11-15-13(4-6-18(22)19-15)10-17(16)21(23)24/h10-12,14H,3-9H2,1-2H3,(H,19,22). The minimum Gasteiger partial charge on any atom is -0.383 e. The summed E-state index contributed by atoms with van der Waals surface area (Å²) in [6, 6.07) is 3.67. The first-order valence-electron chi connectivity index (χ1n) is 8.86. The molecule has 1 amide bonds. The molecule has 3 rings (SSSR count). The van der Waals surface area contributed by atoms with Gasteiger partial charge in [-0.2, -0.15) is 0 Å². The van der Waals surface area contributed by atoms with E-state index in [-0.39, 0.29) is 22.6 Å². The van der Waals surface area contributed by atoms with E-state index in [0.717, 1.165) is 24.8 Å². The molecular formula is C18H25N3O4. The van der Waals surface area contributed by atoms with Crippen molar-refractivity contribution in [3.05, 3.63) is 27.8 Å². The molecule has 1 aliphatic carbocycles. The Morgan fingerprint density at radius 2 is 2.16 bits per heavy atom. The van der Waals surface area contributed by atoms with Gasteiger partial charge in [-0.1, -0.05) is 6.92 Å². The molecule has 0 bridgehead atoms. The van der Waals surface area contributed by atoms with E-state index in [2.05, 4.69) is 17.1 Å². The minimum absolute atomic E-state index is 0.0368. The molecule has 0 aromatic heterocycles. The number of carbonyl (C=O) groups is 1. The number of ether oxygens (including phenoxy) is 1. The topological polar surface area (TPSA) is 84.7 Å². The van der Waals surface area contributed by atoms with Gasteiger partial charge in [0.15, 0.2) is 0 Å². The molecule has 7 nitrogen and oxygen atoms in total. The van der Waals surface area contributed by atoms with E-state index in [4.69, 9.17) is 4.74 Å². The fraction of sp³-hybridized carbons (Fsp3) is 0.611. The predicted octanol–water partition coefficient (Wildman–Crippen LogP) is 3.12. The molecule has 2 aliphatic rings. The van der Waals surface area contributed by atoms with Gasteiger partial charge in [-0.3, -0.25) is 14.9 Å². The molecule has 25 heavy (non-hydrogen) atoms. The largest absolute Gasteiger partial charge is 0.383 e. The number of nitrogens with one attached hydrogen (secondary N) is 1. The van der Waals surface area contributed by atoms with Crippen LogP contribution in [0.1, 0.15) is 38.2 Å². The number of anilines is 2. The molecule has 1 N–H and O–H groups in total. The first-order valence-corrected chi connectivity index (χ1v) is 8.86. The molecule has 0 radical (unpaired) electrons. The zero-order valence-electron chi connectivity index (χ0n) is 14.8. The molecule has 1 aliphatic heterocycles. The maximum atomic E-state index is 11.7. The van der Waals surface area contributed by atoms with Crippen LogP contribution in [0, 0.1) is 16.0 Å². The Hall–Kier alpha value is -2.15. The van der Waals surface area contributed by atoms with Gasteiger partial charge in [-0.25, -0.2) is 0 Å². The van der Waals surface area contributed by atoms with Crippen molar-refractivity contribution in [2.24, 2.45) is 5.92 Å². The Kier molecular flexibility index (Phi) is 5.22. The Morgan fingerprint density at radius 1 is 1.36 bits per heavy atom. The van der Waals surface area contributed by atoms with Crippen LogP contribution in [0.25, 0.3) is 0 Å². The number of fused-ring (bicyclic) bond motifs is 1. The second-order valence-corrected chi connectivity index (χ2v) is 7.06. The molecule has 136 valence electrons. The highest BCUT2D eigenvalue weighted by Crippen LogP contribution is 2.40. The third-order valence-electron chi connectivity index (χ3n) is 5.25. The average Bonchev–Trinajstić information content (AvgIpc) is 3.00. The number of amides is 1. The van der Waals surface area contributed by atoms with Crippen LogP contribution in [0.3, 0.4) is 0 Å². The lowest BCUT2D eigenvalue weighted by molar-refractivity contribution is -0.384. The summed E-state index contributed by atoms with van der Waals surface area (Å²) >= 11 is 0. The Bertz CT molecular complexity index is 677. The van der Waals surface area contributed by atoms with Crippen LogP contribution in [0.5, 0.6) is 0 Å². The summed E-state index contributed by atoms with van der Waals surface area (Å²) in [7, 11) is 1.64. The molecule has 0 saturated heterocycles. The van der Waals surface area contributed by atoms with Gasteiger partial charge in [-0.15, -0.1) is 0 Å². The number of nitrogens with zero attached hydrogens (tertiary/aromatic N) is 2. The van der Waals surface area contributed by atoms with E-state index in [1.807, 2.05) is 0 Å². The quantitative estimate of drug-likeness (QED) is 0.631. The van der Waals surface area contributed by atoms with Crippen molar-refractivity contribution < 1.29 is 14.5 Å². The SMILES string of the molecule is COCCN(c1cc2c(cc1[N+](=O)[O-])CCC(=O)N2)C1CCC(C)C1. The van der Waals surface area contributed by atoms with Gasteiger partial charge >= 0.3 is 0 Å². The Labute approximate surface area is 147 Å². The minimum atomic E-state index is -0.315. The molecule has 1 saturated carbocycles. The van der Waals surface area contributed by atoms with Gasteiger partial charge in [0.1, 0.15) is 5.69 Å². The van der Waals surface area contributed by atoms with Crippen molar-refractivity contribution in [3.8, 4) is 0 Å². The van der Waals surface area contributed by atoms with Crippen LogP contribution >= 0.6 is 0 Å². The van der Waals surface area contributed by atoms with Crippen molar-refractivity contribution in [2.75, 3.05) is 30.5 Å². The van der Waals surface area contributed by atoms with E-state index in [9.17, 15) is 14.9 Å². The lowest BCUT2D eigenvalue weighted by atomic mass is 10.00. The predicted molar refractivity (Wildman–Crippen MR) is 96.1 cm³/mol. The van der Waals surface area contributed by atoms with Crippen LogP contribution < -0.4 is 10.2 Å². The lowest BCUT2D eigenvalue weighted by Gasteiger charge is -2.32. The zero-order chi connectivity index (χ0) is 18.0. The summed E-state index contributed by atoms with van der Waals surface area (Å²) in [4.78, 5) is 25.2. The zero-order valence-corrected chi connectivity index (χ0v) is 14.8. The van der Waals surface area contributed by atoms with E-state index in [1.54, 1.807) is 19.2 Å². The fourth-order valence-electron chi connectivity index (χ4n) is 3.93. The smallest absolute Gasteiger partial charge is 0.292 e. The Morgan fingerprint density at radius 3 is 2.80 bits per heavy atom. The summed E-state index contributed by atoms with van der Waals surface area (Å²) < 4.78 is 5.23. The highest BCUT2D eigenvalue weighted by molar-refractivity contribution is 5.95. The number of methoxy groups -OCH3 is 1. The second-order valence-electron chi connectivity index (χ2n) is 7.06. The summed E-state index contributed by atoms with van der Waals surface area (Å²) in [6.45, 7) is 3.32. The van der Waals surface area contributed by atoms with Gasteiger partial charge in [0.2, 0.25) is 5.91 Å². The average molecular weight is 347 g/mol. The maximum Gasteiger partial charge on any atom is 0.292 e. The molecule has 0 spiro atoms. The first kappa shape index (κ1) is 17.7. The van der Waals surface area contributed by atoms with Gasteiger partial charge in [0.05, 0.1) is 11.5 Å². The molecule has 2 atom stereocenters. The fourth-order valence-corrected chi connectivity index (χ4v) is 3.93. The number of benzene rings is 1. The van der Waals surface area contributed by atoms with Gasteiger partial charge in [0, 0.05) is 37.9 Å². The van der Waals surface area contributed by atoms with Crippen LogP contribution in [0.4, 0.5) is 17.1 Å². The molecule has 1 heterocycles. The van der Waals surface area contributed by atoms with Gasteiger partial charge in [0.25, 0.3) is 5.69 Å². The first-order chi connectivity index (χ1) is 12.0. The normalized spacial score (nSPS) is 22.4. The van der Waals surface area contributed by atoms with Gasteiger partial charge < -0.3 is 15.0 Å². The molecule has 2 unspecified atom stereocenters. The van der Waals surface area contributed by atoms with Crippen molar-refractivity contribution in [2.45, 2.75) is 45.1 Å². The summed E-state index contributed by atoms with van der Waals surface area (Å²) in [5.41, 5.74) is 2.24. The maximum absolute atomic E-state index is 11.7. The highest BCUT2D eigenvalue weighted by Gasteiger charge is 2.32. The van der Waals surface area contributed by atoms with Crippen LogP contribution in [0.2, 0.25) is 0 Å². The number of hydrogen-bond donors (Lipinski definition) is 1. The molecular weight excluding hydrogens is 322 g/mol. The number of aryl methyl sites for hydroxylation is 1. The van der Waals surface area contributed by atoms with E-state index in [0.29, 0.717) is 43.3 Å². The number of hydrogen-bond acceptors (Lipinski definition) is 5. The van der Waals surface area contributed by atoms with Crippen molar-refractivity contribution >= 4 is 23.0 Å². The molecule has 1 fully saturated rings. The number of nitro groups is 1. The van der Waals surface area contributed by atoms with Crippen LogP contribution in [0.15, 0.2) is 12.1 Å². The van der Waals surface area contributed by atoms with Crippen molar-refractivity contribution in [1.29, 1.82) is 0 Å². The third-order valence-corrected chi connectivity index (χ3v) is 5.25. The summed E-state index contributed by atoms with van der Waals surface area (Å²) in [5, 5.41) is 14.5. The van der Waals surface area contributed by atoms with Crippen LogP contribution in [-0.4, -0.2) is 37.1 Å². The van der Waals surface area contributed by atoms with Crippen molar-refractivity contribution in [1.82, 2.24) is 0 Å².